The highest BCUT2D eigenvalue weighted by Gasteiger charge is 2.63. The van der Waals surface area contributed by atoms with Crippen molar-refractivity contribution in [1.29, 1.82) is 0 Å². The average molecular weight is 377 g/mol. The van der Waals surface area contributed by atoms with Gasteiger partial charge in [0.2, 0.25) is 0 Å². The van der Waals surface area contributed by atoms with E-state index in [-0.39, 0.29) is 17.9 Å². The van der Waals surface area contributed by atoms with Crippen LogP contribution in [0, 0.1) is 46.3 Å². The molecule has 4 unspecified atom stereocenters. The lowest BCUT2D eigenvalue weighted by Crippen LogP contribution is -2.58. The van der Waals surface area contributed by atoms with Gasteiger partial charge in [0.15, 0.2) is 0 Å². The Balaban J connectivity index is 1.57. The third-order valence-corrected chi connectivity index (χ3v) is 10.3. The summed E-state index contributed by atoms with van der Waals surface area (Å²) in [6.07, 6.45) is 12.6. The Bertz CT molecular complexity index is 574. The number of aliphatic hydroxyl groups excluding tert-OH is 1. The molecule has 0 radical (unpaired) electrons. The second-order valence-electron chi connectivity index (χ2n) is 11.1. The maximum absolute atomic E-state index is 11.5. The minimum absolute atomic E-state index is 0.00303. The van der Waals surface area contributed by atoms with Crippen LogP contribution in [-0.2, 0) is 4.79 Å². The lowest BCUT2D eigenvalue weighted by atomic mass is 9.44. The molecule has 9 atom stereocenters. The Morgan fingerprint density at radius 1 is 1.07 bits per heavy atom. The molecule has 0 amide bonds. The van der Waals surface area contributed by atoms with E-state index in [0.29, 0.717) is 29.1 Å². The molecule has 4 aliphatic carbocycles. The fourth-order valence-corrected chi connectivity index (χ4v) is 8.77. The van der Waals surface area contributed by atoms with Crippen molar-refractivity contribution in [3.63, 3.8) is 0 Å². The first-order valence-electron chi connectivity index (χ1n) is 11.7. The van der Waals surface area contributed by atoms with Crippen molar-refractivity contribution >= 4 is 5.97 Å². The van der Waals surface area contributed by atoms with Crippen molar-refractivity contribution in [2.45, 2.75) is 97.5 Å². The first-order chi connectivity index (χ1) is 12.8. The molecule has 3 heteroatoms. The number of carboxylic acid groups (broad SMARTS) is 1. The van der Waals surface area contributed by atoms with E-state index in [4.69, 9.17) is 5.11 Å². The van der Waals surface area contributed by atoms with Crippen molar-refractivity contribution in [3.8, 4) is 0 Å². The van der Waals surface area contributed by atoms with E-state index in [0.717, 1.165) is 24.7 Å². The molecule has 0 heterocycles. The van der Waals surface area contributed by atoms with Crippen molar-refractivity contribution in [1.82, 2.24) is 0 Å². The topological polar surface area (TPSA) is 57.5 Å². The molecule has 4 aliphatic rings. The summed E-state index contributed by atoms with van der Waals surface area (Å²) in [6, 6.07) is 0. The lowest BCUT2D eigenvalue weighted by molar-refractivity contribution is -0.168. The van der Waals surface area contributed by atoms with Gasteiger partial charge in [0.1, 0.15) is 0 Å². The molecule has 0 aromatic carbocycles. The predicted molar refractivity (Wildman–Crippen MR) is 107 cm³/mol. The van der Waals surface area contributed by atoms with Crippen LogP contribution in [0.15, 0.2) is 0 Å². The van der Waals surface area contributed by atoms with Gasteiger partial charge in [-0.3, -0.25) is 4.79 Å². The standard InChI is InChI=1S/C24H40O3/c1-15(7-12-22(26)27)18-10-11-19-17-9-8-16-6-4-5-13-23(16,2)20(17)14-21(25)24(18,19)3/h15-21,25H,4-14H2,1-3H3,(H,26,27)/t15-,16+,17?,18?,19?,20?,21+,23+,24-/m1/s1. The van der Waals surface area contributed by atoms with Gasteiger partial charge >= 0.3 is 5.97 Å². The number of hydrogen-bond acceptors (Lipinski definition) is 2. The van der Waals surface area contributed by atoms with E-state index in [9.17, 15) is 9.90 Å². The maximum atomic E-state index is 11.5. The van der Waals surface area contributed by atoms with E-state index in [2.05, 4.69) is 20.8 Å². The largest absolute Gasteiger partial charge is 0.481 e. The zero-order valence-electron chi connectivity index (χ0n) is 17.6. The van der Waals surface area contributed by atoms with Crippen LogP contribution in [-0.4, -0.2) is 22.3 Å². The molecule has 0 saturated heterocycles. The van der Waals surface area contributed by atoms with Crippen LogP contribution in [0.25, 0.3) is 0 Å². The maximum Gasteiger partial charge on any atom is 0.303 e. The lowest BCUT2D eigenvalue weighted by Gasteiger charge is -2.62. The molecule has 0 aliphatic heterocycles. The summed E-state index contributed by atoms with van der Waals surface area (Å²) in [6.45, 7) is 7.16. The zero-order chi connectivity index (χ0) is 19.4. The molecule has 2 N–H and O–H groups in total. The Morgan fingerprint density at radius 2 is 1.85 bits per heavy atom. The van der Waals surface area contributed by atoms with Crippen LogP contribution in [0.4, 0.5) is 0 Å². The summed E-state index contributed by atoms with van der Waals surface area (Å²) in [5.41, 5.74) is 0.452. The number of aliphatic carboxylic acids is 1. The number of carboxylic acids is 1. The summed E-state index contributed by atoms with van der Waals surface area (Å²) in [5, 5.41) is 20.6. The van der Waals surface area contributed by atoms with E-state index >= 15 is 0 Å². The summed E-state index contributed by atoms with van der Waals surface area (Å²) in [4.78, 5) is 11.1. The molecular weight excluding hydrogens is 336 g/mol. The first-order valence-corrected chi connectivity index (χ1v) is 11.7. The minimum atomic E-state index is -0.686. The molecule has 0 bridgehead atoms. The molecule has 0 aromatic heterocycles. The van der Waals surface area contributed by atoms with E-state index in [1.165, 1.54) is 51.4 Å². The Labute approximate surface area is 165 Å². The van der Waals surface area contributed by atoms with Gasteiger partial charge in [-0.15, -0.1) is 0 Å². The van der Waals surface area contributed by atoms with Gasteiger partial charge in [-0.1, -0.05) is 33.6 Å². The quantitative estimate of drug-likeness (QED) is 0.680. The number of rotatable bonds is 4. The SMILES string of the molecule is C[C@H](CCC(=O)O)C1CCC2C3CC[C@@H]4CCCC[C@]4(C)C3C[C@H](O)[C@@]21C. The van der Waals surface area contributed by atoms with Crippen molar-refractivity contribution in [2.24, 2.45) is 46.3 Å². The second kappa shape index (κ2) is 7.04. The van der Waals surface area contributed by atoms with Crippen LogP contribution in [0.5, 0.6) is 0 Å². The second-order valence-corrected chi connectivity index (χ2v) is 11.1. The Kier molecular flexibility index (Phi) is 5.15. The van der Waals surface area contributed by atoms with Gasteiger partial charge in [0.25, 0.3) is 0 Å². The number of carbonyl (C=O) groups is 1. The zero-order valence-corrected chi connectivity index (χ0v) is 17.6. The van der Waals surface area contributed by atoms with Crippen LogP contribution >= 0.6 is 0 Å². The highest BCUT2D eigenvalue weighted by molar-refractivity contribution is 5.66. The van der Waals surface area contributed by atoms with Crippen LogP contribution in [0.1, 0.15) is 91.4 Å². The van der Waals surface area contributed by atoms with E-state index < -0.39 is 5.97 Å². The van der Waals surface area contributed by atoms with Gasteiger partial charge < -0.3 is 10.2 Å². The van der Waals surface area contributed by atoms with Crippen molar-refractivity contribution in [2.75, 3.05) is 0 Å². The molecule has 27 heavy (non-hydrogen) atoms. The first kappa shape index (κ1) is 19.7. The molecule has 154 valence electrons. The third kappa shape index (κ3) is 2.98. The fraction of sp³-hybridized carbons (Fsp3) is 0.958. The Morgan fingerprint density at radius 3 is 2.59 bits per heavy atom. The highest BCUT2D eigenvalue weighted by atomic mass is 16.4. The summed E-state index contributed by atoms with van der Waals surface area (Å²) < 4.78 is 0. The molecule has 4 fully saturated rings. The van der Waals surface area contributed by atoms with Gasteiger partial charge in [-0.25, -0.2) is 0 Å². The number of fused-ring (bicyclic) bond motifs is 5. The summed E-state index contributed by atoms with van der Waals surface area (Å²) in [5.74, 6) is 3.21. The highest BCUT2D eigenvalue weighted by Crippen LogP contribution is 2.68. The molecular formula is C24H40O3. The predicted octanol–water partition coefficient (Wildman–Crippen LogP) is 5.51. The van der Waals surface area contributed by atoms with Crippen LogP contribution in [0.3, 0.4) is 0 Å². The molecule has 0 aromatic rings. The molecule has 4 rings (SSSR count). The summed E-state index contributed by atoms with van der Waals surface area (Å²) >= 11 is 0. The van der Waals surface area contributed by atoms with Gasteiger partial charge in [-0.2, -0.15) is 0 Å². The monoisotopic (exact) mass is 376 g/mol. The molecule has 3 nitrogen and oxygen atoms in total. The average Bonchev–Trinajstić information content (AvgIpc) is 2.99. The van der Waals surface area contributed by atoms with E-state index in [1.807, 2.05) is 0 Å². The van der Waals surface area contributed by atoms with Crippen molar-refractivity contribution < 1.29 is 15.0 Å². The number of hydrogen-bond donors (Lipinski definition) is 2. The third-order valence-electron chi connectivity index (χ3n) is 10.3. The fourth-order valence-electron chi connectivity index (χ4n) is 8.77. The summed E-state index contributed by atoms with van der Waals surface area (Å²) in [7, 11) is 0. The van der Waals surface area contributed by atoms with Crippen LogP contribution in [0.2, 0.25) is 0 Å². The molecule has 0 spiro atoms. The van der Waals surface area contributed by atoms with E-state index in [1.54, 1.807) is 0 Å². The normalized spacial score (nSPS) is 50.4. The molecule has 4 saturated carbocycles. The smallest absolute Gasteiger partial charge is 0.303 e. The minimum Gasteiger partial charge on any atom is -0.481 e. The van der Waals surface area contributed by atoms with Crippen molar-refractivity contribution in [3.05, 3.63) is 0 Å². The Hall–Kier alpha value is -0.570. The number of aliphatic hydroxyl groups is 1. The van der Waals surface area contributed by atoms with Crippen LogP contribution < -0.4 is 0 Å². The van der Waals surface area contributed by atoms with Gasteiger partial charge in [0.05, 0.1) is 6.10 Å². The van der Waals surface area contributed by atoms with Gasteiger partial charge in [-0.05, 0) is 97.7 Å². The van der Waals surface area contributed by atoms with Gasteiger partial charge in [0, 0.05) is 6.42 Å².